The normalized spacial score (nSPS) is 11.2. The summed E-state index contributed by atoms with van der Waals surface area (Å²) in [6, 6.07) is 5.29. The van der Waals surface area contributed by atoms with Crippen molar-refractivity contribution in [2.24, 2.45) is 0 Å². The molecule has 0 bridgehead atoms. The Morgan fingerprint density at radius 3 is 2.52 bits per heavy atom. The average molecular weight is 310 g/mol. The van der Waals surface area contributed by atoms with E-state index in [4.69, 9.17) is 10.5 Å². The number of anilines is 1. The number of nitrogens with two attached hydrogens (primary N) is 1. The van der Waals surface area contributed by atoms with Crippen LogP contribution in [0, 0.1) is 0 Å². The van der Waals surface area contributed by atoms with Crippen LogP contribution in [0.1, 0.15) is 44.0 Å². The third kappa shape index (κ3) is 4.30. The molecule has 4 nitrogen and oxygen atoms in total. The van der Waals surface area contributed by atoms with E-state index in [9.17, 15) is 4.79 Å². The molecule has 0 saturated carbocycles. The molecule has 0 saturated heterocycles. The third-order valence-corrected chi connectivity index (χ3v) is 5.47. The highest BCUT2D eigenvalue weighted by Gasteiger charge is 2.26. The van der Waals surface area contributed by atoms with Gasteiger partial charge in [-0.1, -0.05) is 19.9 Å². The minimum absolute atomic E-state index is 0.0744. The minimum atomic E-state index is -0.170. The molecule has 1 rings (SSSR count). The fourth-order valence-corrected chi connectivity index (χ4v) is 3.05. The molecule has 0 fully saturated rings. The minimum Gasteiger partial charge on any atom is -0.493 e. The molecule has 1 aromatic carbocycles. The predicted octanol–water partition coefficient (Wildman–Crippen LogP) is 3.32. The van der Waals surface area contributed by atoms with Gasteiger partial charge in [0, 0.05) is 17.0 Å². The Kier molecular flexibility index (Phi) is 6.89. The Morgan fingerprint density at radius 1 is 1.33 bits per heavy atom. The Hall–Kier alpha value is -1.36. The molecule has 0 aromatic heterocycles. The summed E-state index contributed by atoms with van der Waals surface area (Å²) in [4.78, 5) is 12.5. The fourth-order valence-electron chi connectivity index (χ4n) is 2.26. The molecule has 0 aliphatic rings. The van der Waals surface area contributed by atoms with Crippen LogP contribution in [0.5, 0.6) is 5.75 Å². The number of hydrogen-bond acceptors (Lipinski definition) is 4. The predicted molar refractivity (Wildman–Crippen MR) is 91.2 cm³/mol. The lowest BCUT2D eigenvalue weighted by atomic mass is 10.0. The van der Waals surface area contributed by atoms with Crippen LogP contribution < -0.4 is 15.8 Å². The molecule has 1 amide bonds. The van der Waals surface area contributed by atoms with Crippen LogP contribution in [0.2, 0.25) is 0 Å². The van der Waals surface area contributed by atoms with E-state index in [2.05, 4.69) is 25.4 Å². The first-order valence-electron chi connectivity index (χ1n) is 7.38. The number of benzene rings is 1. The van der Waals surface area contributed by atoms with Crippen molar-refractivity contribution >= 4 is 23.4 Å². The summed E-state index contributed by atoms with van der Waals surface area (Å²) < 4.78 is 5.58. The molecule has 0 heterocycles. The summed E-state index contributed by atoms with van der Waals surface area (Å²) in [5, 5.41) is 3.01. The second-order valence-corrected chi connectivity index (χ2v) is 6.20. The highest BCUT2D eigenvalue weighted by atomic mass is 32.2. The van der Waals surface area contributed by atoms with Gasteiger partial charge in [-0.3, -0.25) is 4.79 Å². The van der Waals surface area contributed by atoms with Crippen LogP contribution in [0.25, 0.3) is 0 Å². The highest BCUT2D eigenvalue weighted by Crippen LogP contribution is 2.30. The Morgan fingerprint density at radius 2 is 2.00 bits per heavy atom. The van der Waals surface area contributed by atoms with E-state index in [0.29, 0.717) is 30.2 Å². The van der Waals surface area contributed by atoms with Crippen LogP contribution >= 0.6 is 11.8 Å². The van der Waals surface area contributed by atoms with E-state index in [1.54, 1.807) is 30.0 Å². The van der Waals surface area contributed by atoms with E-state index in [-0.39, 0.29) is 10.7 Å². The largest absolute Gasteiger partial charge is 0.493 e. The van der Waals surface area contributed by atoms with Gasteiger partial charge in [0.1, 0.15) is 11.3 Å². The molecule has 0 radical (unpaired) electrons. The van der Waals surface area contributed by atoms with Crippen LogP contribution in [0.4, 0.5) is 5.69 Å². The van der Waals surface area contributed by atoms with E-state index in [1.165, 1.54) is 0 Å². The van der Waals surface area contributed by atoms with Crippen molar-refractivity contribution in [2.75, 3.05) is 25.1 Å². The molecule has 1 aromatic rings. The second kappa shape index (κ2) is 8.17. The number of rotatable bonds is 8. The van der Waals surface area contributed by atoms with E-state index >= 15 is 0 Å². The number of ether oxygens (including phenoxy) is 1. The van der Waals surface area contributed by atoms with Gasteiger partial charge >= 0.3 is 0 Å². The van der Waals surface area contributed by atoms with Crippen molar-refractivity contribution in [2.45, 2.75) is 38.4 Å². The summed E-state index contributed by atoms with van der Waals surface area (Å²) in [7, 11) is 0. The first-order chi connectivity index (χ1) is 10.0. The number of amides is 1. The molecule has 0 spiro atoms. The summed E-state index contributed by atoms with van der Waals surface area (Å²) in [6.45, 7) is 7.31. The fraction of sp³-hybridized carbons (Fsp3) is 0.562. The first-order valence-corrected chi connectivity index (χ1v) is 8.60. The topological polar surface area (TPSA) is 64.3 Å². The van der Waals surface area contributed by atoms with Gasteiger partial charge in [-0.2, -0.15) is 11.8 Å². The molecular formula is C16H26N2O2S. The maximum Gasteiger partial charge on any atom is 0.257 e. The lowest BCUT2D eigenvalue weighted by Crippen LogP contribution is -2.39. The molecule has 118 valence electrons. The van der Waals surface area contributed by atoms with E-state index in [1.807, 2.05) is 6.92 Å². The SMILES string of the molecule is CCOc1cccc(N)c1C(=O)NCC(CC)(CC)SC. The molecule has 0 atom stereocenters. The van der Waals surface area contributed by atoms with Crippen LogP contribution in [0.3, 0.4) is 0 Å². The van der Waals surface area contributed by atoms with Crippen molar-refractivity contribution in [3.05, 3.63) is 23.8 Å². The standard InChI is InChI=1S/C16H26N2O2S/c1-5-16(6-2,21-4)11-18-15(19)14-12(17)9-8-10-13(14)20-7-3/h8-10H,5-7,11,17H2,1-4H3,(H,18,19). The molecule has 3 N–H and O–H groups in total. The number of hydrogen-bond donors (Lipinski definition) is 2. The number of nitrogens with one attached hydrogen (secondary N) is 1. The summed E-state index contributed by atoms with van der Waals surface area (Å²) >= 11 is 1.80. The number of nitrogen functional groups attached to an aromatic ring is 1. The van der Waals surface area contributed by atoms with Crippen molar-refractivity contribution in [1.29, 1.82) is 0 Å². The summed E-state index contributed by atoms with van der Waals surface area (Å²) in [6.07, 6.45) is 4.10. The van der Waals surface area contributed by atoms with Gasteiger partial charge in [0.05, 0.1) is 6.61 Å². The lowest BCUT2D eigenvalue weighted by Gasteiger charge is -2.30. The van der Waals surface area contributed by atoms with Crippen LogP contribution in [-0.4, -0.2) is 30.1 Å². The van der Waals surface area contributed by atoms with E-state index < -0.39 is 0 Å². The second-order valence-electron chi connectivity index (χ2n) is 4.93. The first kappa shape index (κ1) is 17.7. The number of carbonyl (C=O) groups is 1. The van der Waals surface area contributed by atoms with E-state index in [0.717, 1.165) is 12.8 Å². The van der Waals surface area contributed by atoms with Gasteiger partial charge in [0.25, 0.3) is 5.91 Å². The van der Waals surface area contributed by atoms with Crippen LogP contribution in [-0.2, 0) is 0 Å². The van der Waals surface area contributed by atoms with Gasteiger partial charge in [-0.05, 0) is 38.2 Å². The van der Waals surface area contributed by atoms with Gasteiger partial charge in [-0.15, -0.1) is 0 Å². The van der Waals surface area contributed by atoms with Crippen molar-refractivity contribution in [3.8, 4) is 5.75 Å². The molecule has 5 heteroatoms. The van der Waals surface area contributed by atoms with Gasteiger partial charge in [-0.25, -0.2) is 0 Å². The monoisotopic (exact) mass is 310 g/mol. The molecular weight excluding hydrogens is 284 g/mol. The third-order valence-electron chi connectivity index (χ3n) is 3.88. The maximum absolute atomic E-state index is 12.5. The van der Waals surface area contributed by atoms with Gasteiger partial charge in [0.15, 0.2) is 0 Å². The van der Waals surface area contributed by atoms with Crippen molar-refractivity contribution in [3.63, 3.8) is 0 Å². The summed E-state index contributed by atoms with van der Waals surface area (Å²) in [5.41, 5.74) is 6.82. The highest BCUT2D eigenvalue weighted by molar-refractivity contribution is 8.00. The smallest absolute Gasteiger partial charge is 0.257 e. The van der Waals surface area contributed by atoms with Crippen molar-refractivity contribution < 1.29 is 9.53 Å². The quantitative estimate of drug-likeness (QED) is 0.723. The number of thioether (sulfide) groups is 1. The van der Waals surface area contributed by atoms with Crippen molar-refractivity contribution in [1.82, 2.24) is 5.32 Å². The average Bonchev–Trinajstić information content (AvgIpc) is 2.49. The maximum atomic E-state index is 12.5. The summed E-state index contributed by atoms with van der Waals surface area (Å²) in [5.74, 6) is 0.370. The Bertz CT molecular complexity index is 465. The molecule has 0 aliphatic heterocycles. The Balaban J connectivity index is 2.90. The van der Waals surface area contributed by atoms with Gasteiger partial charge < -0.3 is 15.8 Å². The zero-order chi connectivity index (χ0) is 15.9. The van der Waals surface area contributed by atoms with Crippen LogP contribution in [0.15, 0.2) is 18.2 Å². The lowest BCUT2D eigenvalue weighted by molar-refractivity contribution is 0.0946. The Labute approximate surface area is 131 Å². The molecule has 0 unspecified atom stereocenters. The number of carbonyl (C=O) groups excluding carboxylic acids is 1. The zero-order valence-corrected chi connectivity index (χ0v) is 14.2. The molecule has 21 heavy (non-hydrogen) atoms. The molecule has 0 aliphatic carbocycles. The zero-order valence-electron chi connectivity index (χ0n) is 13.4. The van der Waals surface area contributed by atoms with Gasteiger partial charge in [0.2, 0.25) is 0 Å².